The highest BCUT2D eigenvalue weighted by molar-refractivity contribution is 7.15. The van der Waals surface area contributed by atoms with E-state index in [9.17, 15) is 14.0 Å². The highest BCUT2D eigenvalue weighted by atomic mass is 32.1. The molecule has 0 aliphatic carbocycles. The van der Waals surface area contributed by atoms with E-state index >= 15 is 0 Å². The van der Waals surface area contributed by atoms with Crippen LogP contribution in [0.25, 0.3) is 0 Å². The summed E-state index contributed by atoms with van der Waals surface area (Å²) >= 11 is 1.36. The van der Waals surface area contributed by atoms with Crippen LogP contribution in [0.2, 0.25) is 0 Å². The molecule has 1 heterocycles. The normalized spacial score (nSPS) is 12.0. The lowest BCUT2D eigenvalue weighted by Gasteiger charge is -2.20. The average Bonchev–Trinajstić information content (AvgIpc) is 2.93. The van der Waals surface area contributed by atoms with E-state index in [1.165, 1.54) is 30.4 Å². The van der Waals surface area contributed by atoms with E-state index < -0.39 is 6.04 Å². The van der Waals surface area contributed by atoms with Crippen LogP contribution in [0, 0.1) is 11.7 Å². The SMILES string of the molecule is CC(=O)N[C@@H](C(=O)Nc1ncc(Cc2ccc(F)cc2)s1)C(C)C. The van der Waals surface area contributed by atoms with E-state index in [0.29, 0.717) is 11.6 Å². The van der Waals surface area contributed by atoms with Gasteiger partial charge in [-0.2, -0.15) is 0 Å². The van der Waals surface area contributed by atoms with Gasteiger partial charge in [-0.25, -0.2) is 9.37 Å². The van der Waals surface area contributed by atoms with Gasteiger partial charge in [-0.15, -0.1) is 11.3 Å². The molecule has 24 heavy (non-hydrogen) atoms. The Labute approximate surface area is 144 Å². The molecule has 0 bridgehead atoms. The lowest BCUT2D eigenvalue weighted by Crippen LogP contribution is -2.46. The van der Waals surface area contributed by atoms with Gasteiger partial charge in [0.15, 0.2) is 5.13 Å². The number of nitrogens with one attached hydrogen (secondary N) is 2. The maximum atomic E-state index is 12.9. The summed E-state index contributed by atoms with van der Waals surface area (Å²) in [6.07, 6.45) is 2.31. The molecule has 1 aromatic heterocycles. The largest absolute Gasteiger partial charge is 0.344 e. The first-order valence-electron chi connectivity index (χ1n) is 7.62. The molecule has 0 fully saturated rings. The third-order valence-electron chi connectivity index (χ3n) is 3.38. The Morgan fingerprint density at radius 3 is 2.50 bits per heavy atom. The van der Waals surface area contributed by atoms with Crippen LogP contribution in [0.3, 0.4) is 0 Å². The molecule has 0 unspecified atom stereocenters. The fourth-order valence-corrected chi connectivity index (χ4v) is 3.04. The van der Waals surface area contributed by atoms with Gasteiger partial charge < -0.3 is 10.6 Å². The summed E-state index contributed by atoms with van der Waals surface area (Å²) in [7, 11) is 0. The number of carbonyl (C=O) groups excluding carboxylic acids is 2. The molecule has 0 spiro atoms. The lowest BCUT2D eigenvalue weighted by molar-refractivity contribution is -0.126. The number of hydrogen-bond acceptors (Lipinski definition) is 4. The summed E-state index contributed by atoms with van der Waals surface area (Å²) in [5, 5.41) is 5.86. The van der Waals surface area contributed by atoms with Crippen molar-refractivity contribution in [2.75, 3.05) is 5.32 Å². The van der Waals surface area contributed by atoms with Crippen LogP contribution < -0.4 is 10.6 Å². The number of benzene rings is 1. The molecule has 0 saturated carbocycles. The molecule has 1 aromatic carbocycles. The fraction of sp³-hybridized carbons (Fsp3) is 0.353. The topological polar surface area (TPSA) is 71.1 Å². The quantitative estimate of drug-likeness (QED) is 0.842. The maximum Gasteiger partial charge on any atom is 0.248 e. The summed E-state index contributed by atoms with van der Waals surface area (Å²) in [6, 6.07) is 5.67. The zero-order chi connectivity index (χ0) is 17.7. The van der Waals surface area contributed by atoms with Gasteiger partial charge in [-0.3, -0.25) is 9.59 Å². The molecule has 2 aromatic rings. The Morgan fingerprint density at radius 1 is 1.25 bits per heavy atom. The number of carbonyl (C=O) groups is 2. The lowest BCUT2D eigenvalue weighted by atomic mass is 10.0. The van der Waals surface area contributed by atoms with Crippen molar-refractivity contribution >= 4 is 28.3 Å². The monoisotopic (exact) mass is 349 g/mol. The van der Waals surface area contributed by atoms with Crippen LogP contribution in [-0.2, 0) is 16.0 Å². The smallest absolute Gasteiger partial charge is 0.248 e. The number of rotatable bonds is 6. The third kappa shape index (κ3) is 5.13. The number of anilines is 1. The van der Waals surface area contributed by atoms with Crippen LogP contribution in [0.4, 0.5) is 9.52 Å². The fourth-order valence-electron chi connectivity index (χ4n) is 2.19. The predicted octanol–water partition coefficient (Wildman–Crippen LogP) is 2.97. The van der Waals surface area contributed by atoms with Crippen LogP contribution in [-0.4, -0.2) is 22.8 Å². The molecule has 0 aliphatic rings. The Bertz CT molecular complexity index is 713. The molecular formula is C17H20FN3O2S. The molecule has 0 aliphatic heterocycles. The minimum atomic E-state index is -0.605. The van der Waals surface area contributed by atoms with E-state index in [2.05, 4.69) is 15.6 Å². The second kappa shape index (κ2) is 8.01. The van der Waals surface area contributed by atoms with E-state index in [4.69, 9.17) is 0 Å². The second-order valence-corrected chi connectivity index (χ2v) is 6.96. The van der Waals surface area contributed by atoms with Crippen molar-refractivity contribution in [1.29, 1.82) is 0 Å². The first-order valence-corrected chi connectivity index (χ1v) is 8.44. The molecule has 2 N–H and O–H groups in total. The van der Waals surface area contributed by atoms with Gasteiger partial charge in [-0.1, -0.05) is 26.0 Å². The molecule has 7 heteroatoms. The van der Waals surface area contributed by atoms with Gasteiger partial charge in [-0.05, 0) is 23.6 Å². The van der Waals surface area contributed by atoms with E-state index in [1.54, 1.807) is 18.3 Å². The number of nitrogens with zero attached hydrogens (tertiary/aromatic N) is 1. The molecule has 128 valence electrons. The van der Waals surface area contributed by atoms with E-state index in [0.717, 1.165) is 10.4 Å². The third-order valence-corrected chi connectivity index (χ3v) is 4.30. The number of amides is 2. The summed E-state index contributed by atoms with van der Waals surface area (Å²) < 4.78 is 12.9. The van der Waals surface area contributed by atoms with Crippen molar-refractivity contribution in [1.82, 2.24) is 10.3 Å². The Kier molecular flexibility index (Phi) is 6.03. The maximum absolute atomic E-state index is 12.9. The van der Waals surface area contributed by atoms with Crippen LogP contribution in [0.1, 0.15) is 31.2 Å². The average molecular weight is 349 g/mol. The van der Waals surface area contributed by atoms with Crippen molar-refractivity contribution in [2.45, 2.75) is 33.2 Å². The molecule has 0 saturated heterocycles. The van der Waals surface area contributed by atoms with Gasteiger partial charge in [0.25, 0.3) is 0 Å². The molecule has 0 radical (unpaired) electrons. The number of halogens is 1. The number of thiazole rings is 1. The summed E-state index contributed by atoms with van der Waals surface area (Å²) in [6.45, 7) is 5.11. The molecule has 1 atom stereocenters. The molecule has 2 rings (SSSR count). The predicted molar refractivity (Wildman–Crippen MR) is 92.4 cm³/mol. The Hall–Kier alpha value is -2.28. The van der Waals surface area contributed by atoms with Crippen LogP contribution in [0.5, 0.6) is 0 Å². The minimum absolute atomic E-state index is 0.0347. The van der Waals surface area contributed by atoms with E-state index in [1.807, 2.05) is 13.8 Å². The first kappa shape index (κ1) is 18.1. The van der Waals surface area contributed by atoms with Gasteiger partial charge >= 0.3 is 0 Å². The highest BCUT2D eigenvalue weighted by Crippen LogP contribution is 2.22. The molecule has 2 amide bonds. The van der Waals surface area contributed by atoms with Gasteiger partial charge in [0, 0.05) is 24.4 Å². The van der Waals surface area contributed by atoms with Crippen molar-refractivity contribution < 1.29 is 14.0 Å². The summed E-state index contributed by atoms with van der Waals surface area (Å²) in [4.78, 5) is 28.7. The summed E-state index contributed by atoms with van der Waals surface area (Å²) in [5.74, 6) is -0.843. The molecular weight excluding hydrogens is 329 g/mol. The van der Waals surface area contributed by atoms with Gasteiger partial charge in [0.05, 0.1) is 0 Å². The van der Waals surface area contributed by atoms with E-state index in [-0.39, 0.29) is 23.5 Å². The van der Waals surface area contributed by atoms with Crippen LogP contribution >= 0.6 is 11.3 Å². The summed E-state index contributed by atoms with van der Waals surface area (Å²) in [5.41, 5.74) is 0.969. The second-order valence-electron chi connectivity index (χ2n) is 5.85. The number of hydrogen-bond donors (Lipinski definition) is 2. The Balaban J connectivity index is 2.00. The Morgan fingerprint density at radius 2 is 1.92 bits per heavy atom. The standard InChI is InChI=1S/C17H20FN3O2S/c1-10(2)15(20-11(3)22)16(23)21-17-19-9-14(24-17)8-12-4-6-13(18)7-5-12/h4-7,9-10,15H,8H2,1-3H3,(H,20,22)(H,19,21,23)/t15-/m1/s1. The van der Waals surface area contributed by atoms with Gasteiger partial charge in [0.2, 0.25) is 11.8 Å². The van der Waals surface area contributed by atoms with Crippen molar-refractivity contribution in [3.63, 3.8) is 0 Å². The minimum Gasteiger partial charge on any atom is -0.344 e. The van der Waals surface area contributed by atoms with Crippen molar-refractivity contribution in [3.05, 3.63) is 46.7 Å². The zero-order valence-electron chi connectivity index (χ0n) is 13.8. The number of aromatic nitrogens is 1. The van der Waals surface area contributed by atoms with Crippen LogP contribution in [0.15, 0.2) is 30.5 Å². The zero-order valence-corrected chi connectivity index (χ0v) is 14.6. The van der Waals surface area contributed by atoms with Gasteiger partial charge in [0.1, 0.15) is 11.9 Å². The first-order chi connectivity index (χ1) is 11.3. The highest BCUT2D eigenvalue weighted by Gasteiger charge is 2.23. The van der Waals surface area contributed by atoms with Crippen molar-refractivity contribution in [3.8, 4) is 0 Å². The van der Waals surface area contributed by atoms with Crippen molar-refractivity contribution in [2.24, 2.45) is 5.92 Å². The molecule has 5 nitrogen and oxygen atoms in total.